The first-order chi connectivity index (χ1) is 15.2. The van der Waals surface area contributed by atoms with Gasteiger partial charge in [-0.3, -0.25) is 9.59 Å². The fourth-order valence-corrected chi connectivity index (χ4v) is 4.32. The summed E-state index contributed by atoms with van der Waals surface area (Å²) in [6.45, 7) is -0.593. The van der Waals surface area contributed by atoms with Crippen LogP contribution in [0.4, 0.5) is 0 Å². The van der Waals surface area contributed by atoms with Crippen LogP contribution in [0, 0.1) is 11.3 Å². The SMILES string of the molecule is CS(=O)(=O)NCC(C#N)NC(=O)CNC(=O)Cc1nc2ccc(-c3ccccc3)cc2s1. The molecule has 2 aromatic carbocycles. The molecule has 2 amide bonds. The number of amides is 2. The van der Waals surface area contributed by atoms with Crippen molar-refractivity contribution in [3.05, 3.63) is 53.5 Å². The van der Waals surface area contributed by atoms with Crippen molar-refractivity contribution in [3.8, 4) is 17.2 Å². The molecule has 0 aliphatic carbocycles. The number of nitriles is 1. The molecular formula is C21H21N5O4S2. The Morgan fingerprint density at radius 1 is 1.12 bits per heavy atom. The standard InChI is InChI=1S/C21H21N5O4S2/c1-32(29,30)24-12-16(11-22)25-20(28)13-23-19(27)10-21-26-17-8-7-15(9-18(17)31-21)14-5-3-2-4-6-14/h2-9,16,24H,10,12-13H2,1H3,(H,23,27)(H,25,28). The first-order valence-electron chi connectivity index (χ1n) is 9.59. The molecule has 0 spiro atoms. The summed E-state index contributed by atoms with van der Waals surface area (Å²) in [6.07, 6.45) is 0.971. The molecule has 9 nitrogen and oxygen atoms in total. The molecule has 32 heavy (non-hydrogen) atoms. The Balaban J connectivity index is 1.53. The molecule has 1 heterocycles. The topological polar surface area (TPSA) is 141 Å². The molecule has 1 unspecified atom stereocenters. The van der Waals surface area contributed by atoms with Crippen molar-refractivity contribution in [2.45, 2.75) is 12.5 Å². The van der Waals surface area contributed by atoms with E-state index in [2.05, 4.69) is 20.3 Å². The molecule has 3 rings (SSSR count). The number of benzene rings is 2. The van der Waals surface area contributed by atoms with Gasteiger partial charge in [0.2, 0.25) is 21.8 Å². The van der Waals surface area contributed by atoms with Gasteiger partial charge >= 0.3 is 0 Å². The van der Waals surface area contributed by atoms with Crippen molar-refractivity contribution in [2.24, 2.45) is 0 Å². The number of hydrogen-bond acceptors (Lipinski definition) is 7. The van der Waals surface area contributed by atoms with Crippen LogP contribution in [0.5, 0.6) is 0 Å². The summed E-state index contributed by atoms with van der Waals surface area (Å²) in [4.78, 5) is 28.6. The van der Waals surface area contributed by atoms with Gasteiger partial charge in [-0.2, -0.15) is 5.26 Å². The molecule has 0 fully saturated rings. The Bertz CT molecular complexity index is 1270. The minimum absolute atomic E-state index is 0.0185. The highest BCUT2D eigenvalue weighted by Gasteiger charge is 2.15. The second-order valence-corrected chi connectivity index (χ2v) is 9.93. The maximum Gasteiger partial charge on any atom is 0.240 e. The number of carbonyl (C=O) groups is 2. The van der Waals surface area contributed by atoms with E-state index in [1.165, 1.54) is 11.3 Å². The van der Waals surface area contributed by atoms with Gasteiger partial charge in [-0.05, 0) is 23.3 Å². The second-order valence-electron chi connectivity index (χ2n) is 6.98. The van der Waals surface area contributed by atoms with Crippen molar-refractivity contribution < 1.29 is 18.0 Å². The van der Waals surface area contributed by atoms with Crippen molar-refractivity contribution >= 4 is 43.4 Å². The summed E-state index contributed by atoms with van der Waals surface area (Å²) in [5, 5.41) is 14.5. The Morgan fingerprint density at radius 2 is 1.88 bits per heavy atom. The molecule has 1 aromatic heterocycles. The molecule has 0 bridgehead atoms. The van der Waals surface area contributed by atoms with Gasteiger partial charge in [0.1, 0.15) is 11.0 Å². The molecule has 0 radical (unpaired) electrons. The van der Waals surface area contributed by atoms with Crippen molar-refractivity contribution in [1.29, 1.82) is 5.26 Å². The van der Waals surface area contributed by atoms with Gasteiger partial charge in [-0.25, -0.2) is 18.1 Å². The maximum atomic E-state index is 12.2. The molecular weight excluding hydrogens is 450 g/mol. The van der Waals surface area contributed by atoms with Crippen molar-refractivity contribution in [3.63, 3.8) is 0 Å². The molecule has 0 aliphatic rings. The van der Waals surface area contributed by atoms with Gasteiger partial charge in [0, 0.05) is 6.54 Å². The summed E-state index contributed by atoms with van der Waals surface area (Å²) in [5.74, 6) is -0.984. The van der Waals surface area contributed by atoms with Gasteiger partial charge in [0.15, 0.2) is 0 Å². The number of nitrogens with zero attached hydrogens (tertiary/aromatic N) is 2. The average Bonchev–Trinajstić information content (AvgIpc) is 3.16. The fraction of sp³-hybridized carbons (Fsp3) is 0.238. The van der Waals surface area contributed by atoms with E-state index in [9.17, 15) is 18.0 Å². The molecule has 3 aromatic rings. The number of carbonyl (C=O) groups excluding carboxylic acids is 2. The highest BCUT2D eigenvalue weighted by atomic mass is 32.2. The molecule has 11 heteroatoms. The molecule has 0 saturated carbocycles. The van der Waals surface area contributed by atoms with E-state index in [1.54, 1.807) is 6.07 Å². The van der Waals surface area contributed by atoms with Crippen molar-refractivity contribution in [1.82, 2.24) is 20.3 Å². The first kappa shape index (κ1) is 23.3. The number of thiazole rings is 1. The smallest absolute Gasteiger partial charge is 0.240 e. The van der Waals surface area contributed by atoms with Crippen LogP contribution in [0.15, 0.2) is 48.5 Å². The molecule has 1 atom stereocenters. The van der Waals surface area contributed by atoms with Crippen molar-refractivity contribution in [2.75, 3.05) is 19.3 Å². The molecule has 3 N–H and O–H groups in total. The Morgan fingerprint density at radius 3 is 2.56 bits per heavy atom. The first-order valence-corrected chi connectivity index (χ1v) is 12.3. The van der Waals surface area contributed by atoms with Gasteiger partial charge in [0.25, 0.3) is 0 Å². The van der Waals surface area contributed by atoms with Crippen LogP contribution < -0.4 is 15.4 Å². The zero-order valence-corrected chi connectivity index (χ0v) is 18.8. The summed E-state index contributed by atoms with van der Waals surface area (Å²) in [6, 6.07) is 16.6. The largest absolute Gasteiger partial charge is 0.347 e. The predicted molar refractivity (Wildman–Crippen MR) is 122 cm³/mol. The molecule has 0 saturated heterocycles. The average molecular weight is 472 g/mol. The molecule has 0 aliphatic heterocycles. The minimum atomic E-state index is -3.48. The van der Waals surface area contributed by atoms with Crippen LogP contribution >= 0.6 is 11.3 Å². The highest BCUT2D eigenvalue weighted by molar-refractivity contribution is 7.88. The Kier molecular flexibility index (Phi) is 7.53. The lowest BCUT2D eigenvalue weighted by atomic mass is 10.1. The Labute approximate surface area is 189 Å². The lowest BCUT2D eigenvalue weighted by Crippen LogP contribution is -2.46. The predicted octanol–water partition coefficient (Wildman–Crippen LogP) is 1.18. The minimum Gasteiger partial charge on any atom is -0.347 e. The number of rotatable bonds is 9. The maximum absolute atomic E-state index is 12.2. The zero-order valence-electron chi connectivity index (χ0n) is 17.2. The van der Waals surface area contributed by atoms with Crippen LogP contribution in [-0.2, 0) is 26.0 Å². The number of nitrogens with one attached hydrogen (secondary N) is 3. The summed E-state index contributed by atoms with van der Waals surface area (Å²) in [5.41, 5.74) is 2.95. The van der Waals surface area contributed by atoms with E-state index in [1.807, 2.05) is 48.5 Å². The van der Waals surface area contributed by atoms with Crippen LogP contribution in [-0.4, -0.2) is 50.6 Å². The summed E-state index contributed by atoms with van der Waals surface area (Å²) >= 11 is 1.41. The highest BCUT2D eigenvalue weighted by Crippen LogP contribution is 2.28. The zero-order chi connectivity index (χ0) is 23.1. The monoisotopic (exact) mass is 471 g/mol. The number of sulfonamides is 1. The van der Waals surface area contributed by atoms with Crippen LogP contribution in [0.3, 0.4) is 0 Å². The summed E-state index contributed by atoms with van der Waals surface area (Å²) in [7, 11) is -3.48. The van der Waals surface area contributed by atoms with E-state index < -0.39 is 22.0 Å². The van der Waals surface area contributed by atoms with Crippen LogP contribution in [0.1, 0.15) is 5.01 Å². The lowest BCUT2D eigenvalue weighted by molar-refractivity contribution is -0.125. The third kappa shape index (κ3) is 6.84. The Hall–Kier alpha value is -3.33. The van der Waals surface area contributed by atoms with Crippen LogP contribution in [0.25, 0.3) is 21.3 Å². The number of hydrogen-bond donors (Lipinski definition) is 3. The fourth-order valence-electron chi connectivity index (χ4n) is 2.85. The second kappa shape index (κ2) is 10.3. The lowest BCUT2D eigenvalue weighted by Gasteiger charge is -2.12. The number of fused-ring (bicyclic) bond motifs is 1. The van der Waals surface area contributed by atoms with Crippen LogP contribution in [0.2, 0.25) is 0 Å². The third-order valence-electron chi connectivity index (χ3n) is 4.34. The van der Waals surface area contributed by atoms with Gasteiger partial charge in [-0.1, -0.05) is 36.4 Å². The van der Waals surface area contributed by atoms with E-state index in [0.29, 0.717) is 5.01 Å². The van der Waals surface area contributed by atoms with E-state index in [0.717, 1.165) is 27.6 Å². The van der Waals surface area contributed by atoms with E-state index in [-0.39, 0.29) is 25.4 Å². The molecule has 166 valence electrons. The third-order valence-corrected chi connectivity index (χ3v) is 6.05. The number of aromatic nitrogens is 1. The van der Waals surface area contributed by atoms with Gasteiger partial charge in [0.05, 0.1) is 35.5 Å². The quantitative estimate of drug-likeness (QED) is 0.428. The van der Waals surface area contributed by atoms with Gasteiger partial charge < -0.3 is 10.6 Å². The van der Waals surface area contributed by atoms with E-state index >= 15 is 0 Å². The summed E-state index contributed by atoms with van der Waals surface area (Å²) < 4.78 is 25.3. The van der Waals surface area contributed by atoms with E-state index in [4.69, 9.17) is 5.26 Å². The normalized spacial score (nSPS) is 12.1. The van der Waals surface area contributed by atoms with Gasteiger partial charge in [-0.15, -0.1) is 11.3 Å².